The lowest BCUT2D eigenvalue weighted by Gasteiger charge is -2.21. The van der Waals surface area contributed by atoms with Crippen molar-refractivity contribution in [3.63, 3.8) is 0 Å². The van der Waals surface area contributed by atoms with Crippen LogP contribution in [0.5, 0.6) is 0 Å². The van der Waals surface area contributed by atoms with E-state index >= 15 is 0 Å². The number of nitrogens with zero attached hydrogens (tertiary/aromatic N) is 4. The summed E-state index contributed by atoms with van der Waals surface area (Å²) < 4.78 is 82.2. The van der Waals surface area contributed by atoms with Gasteiger partial charge in [0.1, 0.15) is 23.4 Å². The molecule has 182 valence electrons. The minimum absolute atomic E-state index is 0.00535. The van der Waals surface area contributed by atoms with Crippen molar-refractivity contribution in [2.24, 2.45) is 0 Å². The highest BCUT2D eigenvalue weighted by Gasteiger charge is 2.47. The molecule has 0 amide bonds. The van der Waals surface area contributed by atoms with Crippen molar-refractivity contribution in [3.8, 4) is 11.5 Å². The lowest BCUT2D eigenvalue weighted by molar-refractivity contribution is -0.165. The molecule has 2 heterocycles. The first-order valence-electron chi connectivity index (χ1n) is 10.7. The van der Waals surface area contributed by atoms with Crippen molar-refractivity contribution in [2.45, 2.75) is 63.7 Å². The minimum Gasteiger partial charge on any atom is -0.365 e. The van der Waals surface area contributed by atoms with Gasteiger partial charge in [0.15, 0.2) is 23.3 Å². The summed E-state index contributed by atoms with van der Waals surface area (Å²) in [5.41, 5.74) is 0.140. The zero-order valence-electron chi connectivity index (χ0n) is 18.9. The number of alkyl halides is 3. The van der Waals surface area contributed by atoms with Gasteiger partial charge in [0.25, 0.3) is 0 Å². The number of aromatic nitrogens is 4. The van der Waals surface area contributed by atoms with E-state index < -0.39 is 41.5 Å². The van der Waals surface area contributed by atoms with E-state index in [2.05, 4.69) is 20.4 Å². The van der Waals surface area contributed by atoms with Gasteiger partial charge in [-0.15, -0.1) is 5.10 Å². The van der Waals surface area contributed by atoms with Gasteiger partial charge in [-0.2, -0.15) is 13.2 Å². The Morgan fingerprint density at radius 3 is 2.24 bits per heavy atom. The Hall–Kier alpha value is -3.11. The second kappa shape index (κ2) is 8.28. The van der Waals surface area contributed by atoms with Crippen LogP contribution in [0.15, 0.2) is 30.3 Å². The normalized spacial score (nSPS) is 19.2. The first kappa shape index (κ1) is 24.0. The van der Waals surface area contributed by atoms with Crippen molar-refractivity contribution in [2.75, 3.05) is 5.32 Å². The van der Waals surface area contributed by atoms with Crippen molar-refractivity contribution >= 4 is 5.82 Å². The van der Waals surface area contributed by atoms with Crippen LogP contribution in [0, 0.1) is 17.5 Å². The van der Waals surface area contributed by atoms with Crippen LogP contribution < -0.4 is 5.32 Å². The standard InChI is InChI=1S/C23H23F6N5/c1-11(23(27,28)29)34-21(14-10-13(14)12-8-15(24)19(26)16(25)9-12)31-20(33-34)17-6-5-7-18(30-17)32-22(2,3)4/h5-9,11,13-14H,10H2,1-4H3,(H,30,32)/t11?,13-,14+/m0/s1. The molecule has 0 spiro atoms. The summed E-state index contributed by atoms with van der Waals surface area (Å²) in [6.45, 7) is 6.77. The molecule has 0 aliphatic heterocycles. The molecule has 1 saturated carbocycles. The Bertz CT molecular complexity index is 1190. The quantitative estimate of drug-likeness (QED) is 0.339. The lowest BCUT2D eigenvalue weighted by Crippen LogP contribution is -2.26. The van der Waals surface area contributed by atoms with Crippen LogP contribution in [0.1, 0.15) is 63.4 Å². The summed E-state index contributed by atoms with van der Waals surface area (Å²) in [7, 11) is 0. The fraction of sp³-hybridized carbons (Fsp3) is 0.435. The third kappa shape index (κ3) is 4.88. The molecule has 1 aliphatic rings. The van der Waals surface area contributed by atoms with Gasteiger partial charge in [-0.1, -0.05) is 6.07 Å². The maximum absolute atomic E-state index is 13.7. The zero-order chi connectivity index (χ0) is 25.0. The highest BCUT2D eigenvalue weighted by Crippen LogP contribution is 2.55. The molecular weight excluding hydrogens is 460 g/mol. The van der Waals surface area contributed by atoms with Crippen LogP contribution in [-0.2, 0) is 0 Å². The van der Waals surface area contributed by atoms with E-state index in [-0.39, 0.29) is 28.4 Å². The van der Waals surface area contributed by atoms with Crippen molar-refractivity contribution in [1.82, 2.24) is 19.7 Å². The molecule has 11 heteroatoms. The summed E-state index contributed by atoms with van der Waals surface area (Å²) in [6.07, 6.45) is -4.30. The minimum atomic E-state index is -4.60. The largest absolute Gasteiger partial charge is 0.410 e. The van der Waals surface area contributed by atoms with Gasteiger partial charge in [-0.05, 0) is 69.9 Å². The molecule has 0 saturated heterocycles. The van der Waals surface area contributed by atoms with E-state index in [1.165, 1.54) is 0 Å². The van der Waals surface area contributed by atoms with E-state index in [9.17, 15) is 26.3 Å². The molecule has 1 aliphatic carbocycles. The fourth-order valence-electron chi connectivity index (χ4n) is 3.77. The Morgan fingerprint density at radius 1 is 1.00 bits per heavy atom. The van der Waals surface area contributed by atoms with Crippen LogP contribution in [0.4, 0.5) is 32.2 Å². The van der Waals surface area contributed by atoms with Crippen molar-refractivity contribution < 1.29 is 26.3 Å². The summed E-state index contributed by atoms with van der Waals surface area (Å²) in [5, 5.41) is 7.29. The van der Waals surface area contributed by atoms with Gasteiger partial charge >= 0.3 is 6.18 Å². The van der Waals surface area contributed by atoms with Crippen LogP contribution in [0.3, 0.4) is 0 Å². The van der Waals surface area contributed by atoms with E-state index in [0.29, 0.717) is 12.2 Å². The topological polar surface area (TPSA) is 55.6 Å². The molecule has 1 N–H and O–H groups in total. The van der Waals surface area contributed by atoms with Gasteiger partial charge in [0.2, 0.25) is 0 Å². The monoisotopic (exact) mass is 483 g/mol. The summed E-state index contributed by atoms with van der Waals surface area (Å²) in [6, 6.07) is 4.74. The molecule has 1 aromatic carbocycles. The number of hydrogen-bond donors (Lipinski definition) is 1. The number of nitrogens with one attached hydrogen (secondary N) is 1. The number of halogens is 6. The SMILES string of the molecule is CC(n1nc(-c2cccc(NC(C)(C)C)n2)nc1[C@@H]1C[C@H]1c1cc(F)c(F)c(F)c1)C(F)(F)F. The summed E-state index contributed by atoms with van der Waals surface area (Å²) in [5.74, 6) is -4.82. The molecule has 34 heavy (non-hydrogen) atoms. The fourth-order valence-corrected chi connectivity index (χ4v) is 3.77. The smallest absolute Gasteiger partial charge is 0.365 e. The number of hydrogen-bond acceptors (Lipinski definition) is 4. The molecule has 3 aromatic rings. The maximum Gasteiger partial charge on any atom is 0.410 e. The number of rotatable bonds is 5. The van der Waals surface area contributed by atoms with Gasteiger partial charge in [-0.25, -0.2) is 27.8 Å². The van der Waals surface area contributed by atoms with Gasteiger partial charge in [0.05, 0.1) is 0 Å². The van der Waals surface area contributed by atoms with Crippen LogP contribution >= 0.6 is 0 Å². The number of pyridine rings is 1. The van der Waals surface area contributed by atoms with Crippen LogP contribution in [0.2, 0.25) is 0 Å². The third-order valence-corrected chi connectivity index (χ3v) is 5.54. The lowest BCUT2D eigenvalue weighted by atomic mass is 10.1. The number of benzene rings is 1. The van der Waals surface area contributed by atoms with Gasteiger partial charge in [-0.3, -0.25) is 0 Å². The van der Waals surface area contributed by atoms with E-state index in [1.807, 2.05) is 20.8 Å². The molecule has 0 bridgehead atoms. The van der Waals surface area contributed by atoms with Gasteiger partial charge in [0, 0.05) is 11.5 Å². The second-order valence-corrected chi connectivity index (χ2v) is 9.49. The van der Waals surface area contributed by atoms with E-state index in [4.69, 9.17) is 0 Å². The van der Waals surface area contributed by atoms with Crippen molar-refractivity contribution in [3.05, 3.63) is 59.2 Å². The zero-order valence-corrected chi connectivity index (χ0v) is 18.9. The molecule has 1 unspecified atom stereocenters. The van der Waals surface area contributed by atoms with E-state index in [1.54, 1.807) is 18.2 Å². The Kier molecular flexibility index (Phi) is 5.85. The maximum atomic E-state index is 13.7. The summed E-state index contributed by atoms with van der Waals surface area (Å²) >= 11 is 0. The molecule has 0 radical (unpaired) electrons. The van der Waals surface area contributed by atoms with Crippen LogP contribution in [0.25, 0.3) is 11.5 Å². The molecule has 2 aromatic heterocycles. The Morgan fingerprint density at radius 2 is 1.65 bits per heavy atom. The molecule has 4 rings (SSSR count). The first-order chi connectivity index (χ1) is 15.7. The number of anilines is 1. The average molecular weight is 483 g/mol. The van der Waals surface area contributed by atoms with Crippen LogP contribution in [-0.4, -0.2) is 31.5 Å². The second-order valence-electron chi connectivity index (χ2n) is 9.49. The van der Waals surface area contributed by atoms with Crippen molar-refractivity contribution in [1.29, 1.82) is 0 Å². The predicted octanol–water partition coefficient (Wildman–Crippen LogP) is 6.36. The predicted molar refractivity (Wildman–Crippen MR) is 114 cm³/mol. The molecule has 3 atom stereocenters. The molecule has 1 fully saturated rings. The molecular formula is C23H23F6N5. The first-order valence-corrected chi connectivity index (χ1v) is 10.7. The van der Waals surface area contributed by atoms with E-state index in [0.717, 1.165) is 23.7 Å². The highest BCUT2D eigenvalue weighted by molar-refractivity contribution is 5.54. The average Bonchev–Trinajstić information content (AvgIpc) is 3.40. The third-order valence-electron chi connectivity index (χ3n) is 5.54. The Balaban J connectivity index is 1.72. The highest BCUT2D eigenvalue weighted by atomic mass is 19.4. The molecule has 5 nitrogen and oxygen atoms in total. The Labute approximate surface area is 192 Å². The van der Waals surface area contributed by atoms with Gasteiger partial charge < -0.3 is 5.32 Å². The summed E-state index contributed by atoms with van der Waals surface area (Å²) in [4.78, 5) is 8.78.